The zero-order valence-corrected chi connectivity index (χ0v) is 14.9. The molecule has 23 heavy (non-hydrogen) atoms. The summed E-state index contributed by atoms with van der Waals surface area (Å²) < 4.78 is 5.45. The lowest BCUT2D eigenvalue weighted by Crippen LogP contribution is -2.48. The third kappa shape index (κ3) is 4.04. The third-order valence-corrected chi connectivity index (χ3v) is 4.69. The number of aryl methyl sites for hydroxylation is 2. The summed E-state index contributed by atoms with van der Waals surface area (Å²) in [7, 11) is 0. The fourth-order valence-corrected chi connectivity index (χ4v) is 3.47. The summed E-state index contributed by atoms with van der Waals surface area (Å²) in [6, 6.07) is 1.82. The number of nitrogens with two attached hydrogens (primary N) is 1. The topological polar surface area (TPSA) is 75.6 Å². The first kappa shape index (κ1) is 17.8. The summed E-state index contributed by atoms with van der Waals surface area (Å²) in [5.41, 5.74) is 6.33. The summed E-state index contributed by atoms with van der Waals surface area (Å²) in [5, 5.41) is 0.606. The molecule has 3 rings (SSSR count). The number of thiazole rings is 1. The van der Waals surface area contributed by atoms with Gasteiger partial charge in [-0.25, -0.2) is 4.98 Å². The molecule has 0 radical (unpaired) electrons. The van der Waals surface area contributed by atoms with Crippen LogP contribution in [0.1, 0.15) is 26.8 Å². The molecule has 0 spiro atoms. The first-order chi connectivity index (χ1) is 10.5. The van der Waals surface area contributed by atoms with Crippen LogP contribution < -0.4 is 5.73 Å². The fourth-order valence-electron chi connectivity index (χ4n) is 2.74. The minimum atomic E-state index is 0. The van der Waals surface area contributed by atoms with Crippen molar-refractivity contribution in [3.05, 3.63) is 34.2 Å². The molecule has 0 unspecified atom stereocenters. The molecule has 0 atom stereocenters. The lowest BCUT2D eigenvalue weighted by molar-refractivity contribution is 0.0628. The second-order valence-corrected chi connectivity index (χ2v) is 6.71. The predicted molar refractivity (Wildman–Crippen MR) is 93.1 cm³/mol. The maximum absolute atomic E-state index is 12.5. The van der Waals surface area contributed by atoms with Crippen molar-refractivity contribution in [2.24, 2.45) is 0 Å². The molecule has 8 heteroatoms. The third-order valence-electron chi connectivity index (χ3n) is 3.88. The number of carbonyl (C=O) groups is 1. The molecule has 1 amide bonds. The Morgan fingerprint density at radius 1 is 1.35 bits per heavy atom. The zero-order chi connectivity index (χ0) is 15.7. The summed E-state index contributed by atoms with van der Waals surface area (Å²) in [5.74, 6) is 1.54. The normalized spacial score (nSPS) is 15.5. The van der Waals surface area contributed by atoms with Crippen LogP contribution in [0.4, 0.5) is 5.13 Å². The Morgan fingerprint density at radius 3 is 2.57 bits per heavy atom. The van der Waals surface area contributed by atoms with E-state index in [1.807, 2.05) is 31.0 Å². The van der Waals surface area contributed by atoms with E-state index in [1.54, 1.807) is 0 Å². The molecule has 0 saturated carbocycles. The molecular formula is C15H21ClN4O2S. The fraction of sp³-hybridized carbons (Fsp3) is 0.467. The van der Waals surface area contributed by atoms with Gasteiger partial charge in [-0.15, -0.1) is 23.7 Å². The maximum atomic E-state index is 12.5. The summed E-state index contributed by atoms with van der Waals surface area (Å²) in [6.07, 6.45) is 1.83. The molecule has 2 aromatic heterocycles. The average molecular weight is 357 g/mol. The lowest BCUT2D eigenvalue weighted by Gasteiger charge is -2.34. The van der Waals surface area contributed by atoms with Gasteiger partial charge in [0.05, 0.1) is 5.56 Å². The van der Waals surface area contributed by atoms with Gasteiger partial charge in [-0.05, 0) is 19.9 Å². The molecule has 0 bridgehead atoms. The molecule has 6 nitrogen and oxygen atoms in total. The molecule has 0 aromatic carbocycles. The maximum Gasteiger partial charge on any atom is 0.257 e. The van der Waals surface area contributed by atoms with E-state index in [4.69, 9.17) is 10.2 Å². The van der Waals surface area contributed by atoms with E-state index < -0.39 is 0 Å². The number of nitrogen functional groups attached to an aromatic ring is 1. The van der Waals surface area contributed by atoms with Crippen molar-refractivity contribution in [1.29, 1.82) is 0 Å². The van der Waals surface area contributed by atoms with Crippen LogP contribution >= 0.6 is 23.7 Å². The quantitative estimate of drug-likeness (QED) is 0.913. The van der Waals surface area contributed by atoms with Crippen LogP contribution in [-0.4, -0.2) is 46.9 Å². The second-order valence-electron chi connectivity index (χ2n) is 5.56. The van der Waals surface area contributed by atoms with Gasteiger partial charge in [0.15, 0.2) is 5.13 Å². The Balaban J connectivity index is 0.00000192. The molecule has 3 heterocycles. The van der Waals surface area contributed by atoms with E-state index >= 15 is 0 Å². The van der Waals surface area contributed by atoms with Crippen molar-refractivity contribution in [3.63, 3.8) is 0 Å². The van der Waals surface area contributed by atoms with Gasteiger partial charge < -0.3 is 15.1 Å². The Kier molecular flexibility index (Phi) is 5.67. The van der Waals surface area contributed by atoms with Crippen LogP contribution in [0, 0.1) is 13.8 Å². The number of furan rings is 1. The van der Waals surface area contributed by atoms with Crippen LogP contribution in [0.25, 0.3) is 0 Å². The number of piperazine rings is 1. The first-order valence-corrected chi connectivity index (χ1v) is 8.13. The highest BCUT2D eigenvalue weighted by molar-refractivity contribution is 7.15. The molecule has 1 aliphatic rings. The molecule has 1 aliphatic heterocycles. The number of anilines is 1. The minimum absolute atomic E-state index is 0. The highest BCUT2D eigenvalue weighted by atomic mass is 35.5. The minimum Gasteiger partial charge on any atom is -0.466 e. The van der Waals surface area contributed by atoms with Gasteiger partial charge in [0.1, 0.15) is 11.5 Å². The monoisotopic (exact) mass is 356 g/mol. The molecular weight excluding hydrogens is 336 g/mol. The number of nitrogens with zero attached hydrogens (tertiary/aromatic N) is 3. The van der Waals surface area contributed by atoms with Gasteiger partial charge >= 0.3 is 0 Å². The molecule has 2 aromatic rings. The van der Waals surface area contributed by atoms with E-state index in [1.165, 1.54) is 16.2 Å². The number of aromatic nitrogens is 1. The van der Waals surface area contributed by atoms with Gasteiger partial charge in [-0.2, -0.15) is 0 Å². The Hall–Kier alpha value is -1.57. The van der Waals surface area contributed by atoms with E-state index in [9.17, 15) is 4.79 Å². The number of hydrogen-bond donors (Lipinski definition) is 1. The van der Waals surface area contributed by atoms with Crippen molar-refractivity contribution in [2.45, 2.75) is 20.4 Å². The van der Waals surface area contributed by atoms with Crippen molar-refractivity contribution >= 4 is 34.8 Å². The van der Waals surface area contributed by atoms with Crippen LogP contribution in [0.2, 0.25) is 0 Å². The van der Waals surface area contributed by atoms with Gasteiger partial charge in [0.2, 0.25) is 0 Å². The van der Waals surface area contributed by atoms with Crippen LogP contribution in [0.5, 0.6) is 0 Å². The Bertz CT molecular complexity index is 677. The Labute approximate surface area is 145 Å². The first-order valence-electron chi connectivity index (χ1n) is 7.32. The number of rotatable bonds is 3. The number of hydrogen-bond acceptors (Lipinski definition) is 6. The predicted octanol–water partition coefficient (Wildman–Crippen LogP) is 2.31. The van der Waals surface area contributed by atoms with Crippen molar-refractivity contribution in [2.75, 3.05) is 31.9 Å². The summed E-state index contributed by atoms with van der Waals surface area (Å²) in [4.78, 5) is 22.0. The van der Waals surface area contributed by atoms with Crippen molar-refractivity contribution < 1.29 is 9.21 Å². The number of amides is 1. The average Bonchev–Trinajstić information content (AvgIpc) is 3.04. The molecule has 1 fully saturated rings. The van der Waals surface area contributed by atoms with E-state index in [2.05, 4.69) is 9.88 Å². The highest BCUT2D eigenvalue weighted by Crippen LogP contribution is 2.19. The smallest absolute Gasteiger partial charge is 0.257 e. The number of carbonyl (C=O) groups excluding carboxylic acids is 1. The molecule has 0 aliphatic carbocycles. The van der Waals surface area contributed by atoms with Gasteiger partial charge in [-0.3, -0.25) is 9.69 Å². The van der Waals surface area contributed by atoms with Crippen molar-refractivity contribution in [3.8, 4) is 0 Å². The van der Waals surface area contributed by atoms with Gasteiger partial charge in [0.25, 0.3) is 5.91 Å². The highest BCUT2D eigenvalue weighted by Gasteiger charge is 2.24. The van der Waals surface area contributed by atoms with Crippen molar-refractivity contribution in [1.82, 2.24) is 14.8 Å². The van der Waals surface area contributed by atoms with E-state index in [0.29, 0.717) is 16.5 Å². The van der Waals surface area contributed by atoms with E-state index in [-0.39, 0.29) is 18.3 Å². The van der Waals surface area contributed by atoms with E-state index in [0.717, 1.165) is 38.5 Å². The summed E-state index contributed by atoms with van der Waals surface area (Å²) >= 11 is 1.52. The molecule has 2 N–H and O–H groups in total. The standard InChI is InChI=1S/C15H20N4O2S.ClH/c1-10-7-13(11(2)21-10)14(20)19-5-3-18(4-6-19)9-12-8-17-15(16)22-12;/h7-8H,3-6,9H2,1-2H3,(H2,16,17);1H. The molecule has 126 valence electrons. The van der Waals surface area contributed by atoms with Crippen LogP contribution in [0.3, 0.4) is 0 Å². The second kappa shape index (κ2) is 7.33. The molecule has 1 saturated heterocycles. The van der Waals surface area contributed by atoms with Crippen LogP contribution in [-0.2, 0) is 6.54 Å². The Morgan fingerprint density at radius 2 is 2.04 bits per heavy atom. The van der Waals surface area contributed by atoms with Crippen LogP contribution in [0.15, 0.2) is 16.7 Å². The van der Waals surface area contributed by atoms with Gasteiger partial charge in [0, 0.05) is 43.8 Å². The zero-order valence-electron chi connectivity index (χ0n) is 13.2. The van der Waals surface area contributed by atoms with Gasteiger partial charge in [-0.1, -0.05) is 0 Å². The number of halogens is 1. The SMILES string of the molecule is Cc1cc(C(=O)N2CCN(Cc3cnc(N)s3)CC2)c(C)o1.Cl. The lowest BCUT2D eigenvalue weighted by atomic mass is 10.2. The summed E-state index contributed by atoms with van der Waals surface area (Å²) in [6.45, 7) is 7.74. The largest absolute Gasteiger partial charge is 0.466 e.